The molecule has 0 saturated heterocycles. The lowest BCUT2D eigenvalue weighted by atomic mass is 10.1. The monoisotopic (exact) mass is 225 g/mol. The predicted octanol–water partition coefficient (Wildman–Crippen LogP) is 3.38. The molecule has 0 atom stereocenters. The van der Waals surface area contributed by atoms with Crippen molar-refractivity contribution in [1.29, 1.82) is 0 Å². The number of nitrogens with zero attached hydrogens (tertiary/aromatic N) is 1. The molecule has 2 aromatic heterocycles. The van der Waals surface area contributed by atoms with Crippen molar-refractivity contribution < 1.29 is 4.79 Å². The molecule has 0 aliphatic rings. The van der Waals surface area contributed by atoms with Crippen molar-refractivity contribution in [3.63, 3.8) is 0 Å². The third-order valence-electron chi connectivity index (χ3n) is 2.29. The highest BCUT2D eigenvalue weighted by Crippen LogP contribution is 2.34. The van der Waals surface area contributed by atoms with Gasteiger partial charge in [-0.05, 0) is 19.4 Å². The van der Waals surface area contributed by atoms with Crippen molar-refractivity contribution in [2.45, 2.75) is 13.8 Å². The minimum atomic E-state index is 0.458. The van der Waals surface area contributed by atoms with E-state index in [2.05, 4.69) is 4.98 Å². The Morgan fingerprint density at radius 3 is 2.86 bits per heavy atom. The van der Waals surface area contributed by atoms with Gasteiger partial charge >= 0.3 is 0 Å². The number of aromatic nitrogens is 1. The van der Waals surface area contributed by atoms with Gasteiger partial charge in [0.25, 0.3) is 0 Å². The van der Waals surface area contributed by atoms with Crippen molar-refractivity contribution in [1.82, 2.24) is 4.98 Å². The Hall–Kier alpha value is -0.930. The molecular formula is C10H8ClNOS. The summed E-state index contributed by atoms with van der Waals surface area (Å²) in [5, 5.41) is 1.44. The van der Waals surface area contributed by atoms with E-state index in [1.165, 1.54) is 11.1 Å². The first kappa shape index (κ1) is 9.62. The summed E-state index contributed by atoms with van der Waals surface area (Å²) in [4.78, 5) is 17.0. The minimum absolute atomic E-state index is 0.458. The number of rotatable bonds is 1. The SMILES string of the molecule is Cc1sc2ncc(C=O)c(Cl)c2c1C. The Labute approximate surface area is 90.5 Å². The van der Waals surface area contributed by atoms with Gasteiger partial charge in [-0.1, -0.05) is 11.6 Å². The second kappa shape index (κ2) is 3.33. The standard InChI is InChI=1S/C10H8ClNOS/c1-5-6(2)14-10-8(5)9(11)7(4-13)3-12-10/h3-4H,1-2H3. The highest BCUT2D eigenvalue weighted by Gasteiger charge is 2.12. The summed E-state index contributed by atoms with van der Waals surface area (Å²) in [6.45, 7) is 4.02. The van der Waals surface area contributed by atoms with Crippen LogP contribution in [0.1, 0.15) is 20.8 Å². The Kier molecular flexibility index (Phi) is 2.29. The lowest BCUT2D eigenvalue weighted by Gasteiger charge is -1.98. The molecule has 0 spiro atoms. The summed E-state index contributed by atoms with van der Waals surface area (Å²) in [6.07, 6.45) is 2.26. The van der Waals surface area contributed by atoms with Crippen LogP contribution < -0.4 is 0 Å². The molecule has 0 aliphatic carbocycles. The van der Waals surface area contributed by atoms with Crippen LogP contribution in [-0.2, 0) is 0 Å². The molecule has 0 unspecified atom stereocenters. The van der Waals surface area contributed by atoms with E-state index in [-0.39, 0.29) is 0 Å². The topological polar surface area (TPSA) is 30.0 Å². The van der Waals surface area contributed by atoms with Crippen LogP contribution in [0.25, 0.3) is 10.2 Å². The van der Waals surface area contributed by atoms with Crippen molar-refractivity contribution in [2.24, 2.45) is 0 Å². The van der Waals surface area contributed by atoms with Gasteiger partial charge in [0.2, 0.25) is 0 Å². The number of aldehydes is 1. The van der Waals surface area contributed by atoms with Crippen LogP contribution in [0.15, 0.2) is 6.20 Å². The van der Waals surface area contributed by atoms with Crippen molar-refractivity contribution >= 4 is 39.4 Å². The van der Waals surface area contributed by atoms with E-state index < -0.39 is 0 Å². The van der Waals surface area contributed by atoms with Gasteiger partial charge in [-0.15, -0.1) is 11.3 Å². The van der Waals surface area contributed by atoms with E-state index in [0.29, 0.717) is 10.6 Å². The Morgan fingerprint density at radius 1 is 1.50 bits per heavy atom. The van der Waals surface area contributed by atoms with Gasteiger partial charge in [0.05, 0.1) is 10.6 Å². The average Bonchev–Trinajstić information content (AvgIpc) is 2.44. The fourth-order valence-corrected chi connectivity index (χ4v) is 2.76. The van der Waals surface area contributed by atoms with Crippen LogP contribution in [0.4, 0.5) is 0 Å². The van der Waals surface area contributed by atoms with Gasteiger partial charge in [0.15, 0.2) is 6.29 Å². The number of carbonyl (C=O) groups excluding carboxylic acids is 1. The van der Waals surface area contributed by atoms with Crippen LogP contribution in [-0.4, -0.2) is 11.3 Å². The van der Waals surface area contributed by atoms with Gasteiger partial charge < -0.3 is 0 Å². The maximum absolute atomic E-state index is 10.7. The zero-order valence-corrected chi connectivity index (χ0v) is 9.37. The lowest BCUT2D eigenvalue weighted by molar-refractivity contribution is 0.112. The third kappa shape index (κ3) is 1.24. The second-order valence-corrected chi connectivity index (χ2v) is 4.69. The van der Waals surface area contributed by atoms with Crippen molar-refractivity contribution in [3.05, 3.63) is 27.2 Å². The van der Waals surface area contributed by atoms with Crippen molar-refractivity contribution in [2.75, 3.05) is 0 Å². The summed E-state index contributed by atoms with van der Waals surface area (Å²) in [7, 11) is 0. The maximum Gasteiger partial charge on any atom is 0.153 e. The lowest BCUT2D eigenvalue weighted by Crippen LogP contribution is -1.85. The molecule has 0 bridgehead atoms. The fourth-order valence-electron chi connectivity index (χ4n) is 1.37. The number of pyridine rings is 1. The van der Waals surface area contributed by atoms with Crippen molar-refractivity contribution in [3.8, 4) is 0 Å². The highest BCUT2D eigenvalue weighted by atomic mass is 35.5. The Balaban J connectivity index is 2.93. The first-order chi connectivity index (χ1) is 6.65. The Bertz CT molecular complexity index is 518. The van der Waals surface area contributed by atoms with Gasteiger partial charge in [-0.2, -0.15) is 0 Å². The molecule has 0 saturated carbocycles. The second-order valence-electron chi connectivity index (χ2n) is 3.11. The molecule has 2 heterocycles. The number of carbonyl (C=O) groups is 1. The van der Waals surface area contributed by atoms with Crippen LogP contribution >= 0.6 is 22.9 Å². The predicted molar refractivity (Wildman–Crippen MR) is 59.5 cm³/mol. The van der Waals surface area contributed by atoms with Crippen LogP contribution in [0.2, 0.25) is 5.02 Å². The minimum Gasteiger partial charge on any atom is -0.298 e. The molecule has 2 nitrogen and oxygen atoms in total. The van der Waals surface area contributed by atoms with E-state index in [0.717, 1.165) is 22.1 Å². The molecule has 2 aromatic rings. The molecule has 0 aromatic carbocycles. The number of hydrogen-bond acceptors (Lipinski definition) is 3. The molecule has 14 heavy (non-hydrogen) atoms. The molecule has 0 fully saturated rings. The highest BCUT2D eigenvalue weighted by molar-refractivity contribution is 7.18. The largest absolute Gasteiger partial charge is 0.298 e. The van der Waals surface area contributed by atoms with E-state index in [1.807, 2.05) is 13.8 Å². The first-order valence-corrected chi connectivity index (χ1v) is 5.34. The van der Waals surface area contributed by atoms with E-state index in [9.17, 15) is 4.79 Å². The van der Waals surface area contributed by atoms with Gasteiger partial charge in [-0.3, -0.25) is 4.79 Å². The number of fused-ring (bicyclic) bond motifs is 1. The first-order valence-electron chi connectivity index (χ1n) is 4.14. The normalized spacial score (nSPS) is 10.8. The van der Waals surface area contributed by atoms with E-state index in [4.69, 9.17) is 11.6 Å². The maximum atomic E-state index is 10.7. The third-order valence-corrected chi connectivity index (χ3v) is 3.81. The molecule has 0 radical (unpaired) electrons. The van der Waals surface area contributed by atoms with Crippen LogP contribution in [0, 0.1) is 13.8 Å². The number of aryl methyl sites for hydroxylation is 2. The summed E-state index contributed by atoms with van der Waals surface area (Å²) >= 11 is 7.70. The van der Waals surface area contributed by atoms with E-state index in [1.54, 1.807) is 11.3 Å². The number of thiophene rings is 1. The zero-order valence-electron chi connectivity index (χ0n) is 7.80. The summed E-state index contributed by atoms with van der Waals surface area (Å²) in [5.41, 5.74) is 1.58. The number of hydrogen-bond donors (Lipinski definition) is 0. The average molecular weight is 226 g/mol. The summed E-state index contributed by atoms with van der Waals surface area (Å²) < 4.78 is 0. The Morgan fingerprint density at radius 2 is 2.21 bits per heavy atom. The summed E-state index contributed by atoms with van der Waals surface area (Å²) in [6, 6.07) is 0. The number of halogens is 1. The van der Waals surface area contributed by atoms with Crippen LogP contribution in [0.3, 0.4) is 0 Å². The van der Waals surface area contributed by atoms with Gasteiger partial charge in [0, 0.05) is 16.5 Å². The quantitative estimate of drug-likeness (QED) is 0.697. The molecule has 72 valence electrons. The van der Waals surface area contributed by atoms with E-state index >= 15 is 0 Å². The molecule has 4 heteroatoms. The fraction of sp³-hybridized carbons (Fsp3) is 0.200. The van der Waals surface area contributed by atoms with Crippen LogP contribution in [0.5, 0.6) is 0 Å². The van der Waals surface area contributed by atoms with Gasteiger partial charge in [-0.25, -0.2) is 4.98 Å². The molecule has 0 N–H and O–H groups in total. The molecule has 0 aliphatic heterocycles. The molecule has 0 amide bonds. The molecule has 2 rings (SSSR count). The zero-order chi connectivity index (χ0) is 10.3. The summed E-state index contributed by atoms with van der Waals surface area (Å²) in [5.74, 6) is 0. The van der Waals surface area contributed by atoms with Gasteiger partial charge in [0.1, 0.15) is 4.83 Å². The molecular weight excluding hydrogens is 218 g/mol. The smallest absolute Gasteiger partial charge is 0.153 e.